The lowest BCUT2D eigenvalue weighted by molar-refractivity contribution is 0.0857. The quantitative estimate of drug-likeness (QED) is 0.361. The van der Waals surface area contributed by atoms with E-state index in [1.165, 1.54) is 16.9 Å². The van der Waals surface area contributed by atoms with Gasteiger partial charge in [0.15, 0.2) is 0 Å². The number of ether oxygens (including phenoxy) is 2. The number of hydrogen-bond acceptors (Lipinski definition) is 7. The number of benzene rings is 1. The van der Waals surface area contributed by atoms with Crippen LogP contribution in [0.15, 0.2) is 54.3 Å². The van der Waals surface area contributed by atoms with E-state index in [1.807, 2.05) is 30.5 Å². The van der Waals surface area contributed by atoms with E-state index in [1.54, 1.807) is 25.7 Å². The lowest BCUT2D eigenvalue weighted by Crippen LogP contribution is -2.32. The molecule has 9 heteroatoms. The van der Waals surface area contributed by atoms with Crippen LogP contribution in [0.5, 0.6) is 5.75 Å². The van der Waals surface area contributed by atoms with Crippen LogP contribution in [0.3, 0.4) is 0 Å². The summed E-state index contributed by atoms with van der Waals surface area (Å²) in [5.74, 6) is 0.748. The number of rotatable bonds is 9. The SMILES string of the molecule is COc1ccc(CCn2c(-c3csc(-c4cnccn4)n3)cc(C(=O)NCC3CCCO3)c2C)cc1. The Morgan fingerprint density at radius 2 is 2.11 bits per heavy atom. The predicted molar refractivity (Wildman–Crippen MR) is 139 cm³/mol. The summed E-state index contributed by atoms with van der Waals surface area (Å²) in [7, 11) is 1.67. The fourth-order valence-corrected chi connectivity index (χ4v) is 5.21. The molecule has 0 saturated carbocycles. The van der Waals surface area contributed by atoms with Gasteiger partial charge in [0.2, 0.25) is 0 Å². The second kappa shape index (κ2) is 11.0. The van der Waals surface area contributed by atoms with Crippen LogP contribution in [0.4, 0.5) is 0 Å². The Kier molecular flexibility index (Phi) is 7.39. The van der Waals surface area contributed by atoms with E-state index in [0.29, 0.717) is 18.7 Å². The summed E-state index contributed by atoms with van der Waals surface area (Å²) in [5, 5.41) is 5.87. The van der Waals surface area contributed by atoms with Crippen molar-refractivity contribution in [3.63, 3.8) is 0 Å². The molecule has 3 aromatic heterocycles. The number of aromatic nitrogens is 4. The maximum absolute atomic E-state index is 13.2. The van der Waals surface area contributed by atoms with Crippen molar-refractivity contribution in [2.24, 2.45) is 0 Å². The van der Waals surface area contributed by atoms with Gasteiger partial charge < -0.3 is 19.4 Å². The fourth-order valence-electron chi connectivity index (χ4n) is 4.43. The minimum absolute atomic E-state index is 0.0863. The molecule has 1 fully saturated rings. The van der Waals surface area contributed by atoms with Gasteiger partial charge in [-0.2, -0.15) is 0 Å². The van der Waals surface area contributed by atoms with Crippen molar-refractivity contribution in [3.8, 4) is 27.8 Å². The molecule has 36 heavy (non-hydrogen) atoms. The van der Waals surface area contributed by atoms with Crippen LogP contribution in [0.1, 0.15) is 34.5 Å². The molecule has 4 heterocycles. The standard InChI is InChI=1S/C27H29N5O3S/c1-18-22(26(33)30-15-21-4-3-13-35-21)14-25(24-17-36-27(31-24)23-16-28-10-11-29-23)32(18)12-9-19-5-7-20(34-2)8-6-19/h5-8,10-11,14,16-17,21H,3-4,9,12-13,15H2,1-2H3,(H,30,33). The normalized spacial score (nSPS) is 15.2. The zero-order valence-corrected chi connectivity index (χ0v) is 21.3. The van der Waals surface area contributed by atoms with Crippen LogP contribution in [0, 0.1) is 6.92 Å². The molecule has 1 unspecified atom stereocenters. The van der Waals surface area contributed by atoms with Gasteiger partial charge in [-0.05, 0) is 49.9 Å². The molecule has 1 aromatic carbocycles. The molecule has 1 amide bonds. The van der Waals surface area contributed by atoms with Gasteiger partial charge in [0, 0.05) is 43.2 Å². The fraction of sp³-hybridized carbons (Fsp3) is 0.333. The van der Waals surface area contributed by atoms with Gasteiger partial charge in [0.05, 0.1) is 36.4 Å². The van der Waals surface area contributed by atoms with Crippen molar-refractivity contribution in [2.75, 3.05) is 20.3 Å². The lowest BCUT2D eigenvalue weighted by Gasteiger charge is -2.12. The largest absolute Gasteiger partial charge is 0.497 e. The highest BCUT2D eigenvalue weighted by Crippen LogP contribution is 2.31. The van der Waals surface area contributed by atoms with Gasteiger partial charge in [0.25, 0.3) is 5.91 Å². The maximum atomic E-state index is 13.2. The third-order valence-electron chi connectivity index (χ3n) is 6.46. The molecule has 1 aliphatic heterocycles. The number of carbonyl (C=O) groups excluding carboxylic acids is 1. The number of thiazole rings is 1. The summed E-state index contributed by atoms with van der Waals surface area (Å²) in [4.78, 5) is 26.5. The van der Waals surface area contributed by atoms with Crippen LogP contribution in [0.2, 0.25) is 0 Å². The highest BCUT2D eigenvalue weighted by atomic mass is 32.1. The average molecular weight is 504 g/mol. The summed E-state index contributed by atoms with van der Waals surface area (Å²) in [6.45, 7) is 4.00. The molecule has 1 N–H and O–H groups in total. The van der Waals surface area contributed by atoms with Crippen LogP contribution in [-0.4, -0.2) is 51.8 Å². The molecule has 0 aliphatic carbocycles. The van der Waals surface area contributed by atoms with E-state index in [9.17, 15) is 4.79 Å². The predicted octanol–water partition coefficient (Wildman–Crippen LogP) is 4.54. The first-order valence-corrected chi connectivity index (χ1v) is 13.0. The average Bonchev–Trinajstić information content (AvgIpc) is 3.68. The Balaban J connectivity index is 1.43. The van der Waals surface area contributed by atoms with Crippen molar-refractivity contribution in [3.05, 3.63) is 71.1 Å². The zero-order valence-electron chi connectivity index (χ0n) is 20.4. The number of carbonyl (C=O) groups is 1. The van der Waals surface area contributed by atoms with Gasteiger partial charge in [0.1, 0.15) is 16.5 Å². The third-order valence-corrected chi connectivity index (χ3v) is 7.32. The maximum Gasteiger partial charge on any atom is 0.253 e. The molecular formula is C27H29N5O3S. The van der Waals surface area contributed by atoms with Crippen LogP contribution >= 0.6 is 11.3 Å². The van der Waals surface area contributed by atoms with E-state index in [-0.39, 0.29) is 12.0 Å². The molecule has 186 valence electrons. The molecule has 0 radical (unpaired) electrons. The Labute approximate surface area is 214 Å². The van der Waals surface area contributed by atoms with Gasteiger partial charge in [-0.3, -0.25) is 14.8 Å². The molecular weight excluding hydrogens is 474 g/mol. The summed E-state index contributed by atoms with van der Waals surface area (Å²) in [6.07, 6.45) is 7.95. The summed E-state index contributed by atoms with van der Waals surface area (Å²) in [6, 6.07) is 10.0. The second-order valence-electron chi connectivity index (χ2n) is 8.75. The van der Waals surface area contributed by atoms with Crippen molar-refractivity contribution in [2.45, 2.75) is 38.8 Å². The monoisotopic (exact) mass is 503 g/mol. The molecule has 1 atom stereocenters. The van der Waals surface area contributed by atoms with Gasteiger partial charge in [-0.1, -0.05) is 12.1 Å². The number of hydrogen-bond donors (Lipinski definition) is 1. The molecule has 4 aromatic rings. The minimum Gasteiger partial charge on any atom is -0.497 e. The van der Waals surface area contributed by atoms with Crippen molar-refractivity contribution < 1.29 is 14.3 Å². The molecule has 5 rings (SSSR count). The van der Waals surface area contributed by atoms with Gasteiger partial charge in [-0.25, -0.2) is 4.98 Å². The van der Waals surface area contributed by atoms with Crippen LogP contribution in [-0.2, 0) is 17.7 Å². The second-order valence-corrected chi connectivity index (χ2v) is 9.61. The van der Waals surface area contributed by atoms with Gasteiger partial charge in [-0.15, -0.1) is 11.3 Å². The Morgan fingerprint density at radius 1 is 1.25 bits per heavy atom. The van der Waals surface area contributed by atoms with E-state index < -0.39 is 0 Å². The van der Waals surface area contributed by atoms with Crippen molar-refractivity contribution >= 4 is 17.2 Å². The highest BCUT2D eigenvalue weighted by Gasteiger charge is 2.22. The minimum atomic E-state index is -0.0863. The molecule has 1 aliphatic rings. The Hall–Kier alpha value is -3.56. The first kappa shape index (κ1) is 24.1. The smallest absolute Gasteiger partial charge is 0.253 e. The molecule has 0 bridgehead atoms. The topological polar surface area (TPSA) is 91.2 Å². The van der Waals surface area contributed by atoms with Crippen molar-refractivity contribution in [1.82, 2.24) is 24.8 Å². The summed E-state index contributed by atoms with van der Waals surface area (Å²) in [5.41, 5.74) is 5.23. The van der Waals surface area contributed by atoms with E-state index in [0.717, 1.165) is 59.4 Å². The van der Waals surface area contributed by atoms with E-state index in [4.69, 9.17) is 14.5 Å². The highest BCUT2D eigenvalue weighted by molar-refractivity contribution is 7.13. The Bertz CT molecular complexity index is 1310. The number of nitrogens with zero attached hydrogens (tertiary/aromatic N) is 4. The first-order chi connectivity index (χ1) is 17.6. The number of nitrogens with one attached hydrogen (secondary N) is 1. The number of methoxy groups -OCH3 is 1. The van der Waals surface area contributed by atoms with Crippen LogP contribution in [0.25, 0.3) is 22.1 Å². The zero-order chi connectivity index (χ0) is 24.9. The van der Waals surface area contributed by atoms with E-state index in [2.05, 4.69) is 32.0 Å². The molecule has 0 spiro atoms. The van der Waals surface area contributed by atoms with E-state index >= 15 is 0 Å². The number of amides is 1. The molecule has 8 nitrogen and oxygen atoms in total. The molecule has 1 saturated heterocycles. The Morgan fingerprint density at radius 3 is 2.83 bits per heavy atom. The number of aryl methyl sites for hydroxylation is 1. The third kappa shape index (κ3) is 5.32. The first-order valence-electron chi connectivity index (χ1n) is 12.1. The summed E-state index contributed by atoms with van der Waals surface area (Å²) < 4.78 is 13.1. The van der Waals surface area contributed by atoms with Gasteiger partial charge >= 0.3 is 0 Å². The van der Waals surface area contributed by atoms with Crippen molar-refractivity contribution in [1.29, 1.82) is 0 Å². The van der Waals surface area contributed by atoms with Crippen LogP contribution < -0.4 is 10.1 Å². The lowest BCUT2D eigenvalue weighted by atomic mass is 10.1. The summed E-state index contributed by atoms with van der Waals surface area (Å²) >= 11 is 1.52.